The Balaban J connectivity index is 1.97. The van der Waals surface area contributed by atoms with Gasteiger partial charge in [0.05, 0.1) is 4.90 Å². The zero-order valence-corrected chi connectivity index (χ0v) is 13.6. The van der Waals surface area contributed by atoms with Crippen LogP contribution in [0.3, 0.4) is 0 Å². The first-order valence-corrected chi connectivity index (χ1v) is 9.36. The van der Waals surface area contributed by atoms with Gasteiger partial charge in [-0.2, -0.15) is 0 Å². The number of hydrogen-bond donors (Lipinski definition) is 2. The average Bonchev–Trinajstić information content (AvgIpc) is 2.53. The minimum atomic E-state index is -3.37. The molecule has 2 rings (SSSR count). The molecule has 21 heavy (non-hydrogen) atoms. The van der Waals surface area contributed by atoms with Crippen LogP contribution < -0.4 is 10.0 Å². The normalized spacial score (nSPS) is 17.0. The smallest absolute Gasteiger partial charge is 0.240 e. The van der Waals surface area contributed by atoms with Crippen molar-refractivity contribution in [2.45, 2.75) is 49.3 Å². The van der Waals surface area contributed by atoms with Crippen LogP contribution in [0.5, 0.6) is 0 Å². The molecule has 0 aromatic heterocycles. The van der Waals surface area contributed by atoms with Gasteiger partial charge in [0.25, 0.3) is 0 Å². The topological polar surface area (TPSA) is 58.2 Å². The van der Waals surface area contributed by atoms with E-state index in [0.717, 1.165) is 13.0 Å². The molecule has 1 aromatic carbocycles. The van der Waals surface area contributed by atoms with Gasteiger partial charge in [-0.25, -0.2) is 13.1 Å². The van der Waals surface area contributed by atoms with Crippen molar-refractivity contribution >= 4 is 10.0 Å². The number of sulfonamides is 1. The van der Waals surface area contributed by atoms with Gasteiger partial charge in [0.2, 0.25) is 10.0 Å². The molecule has 1 aliphatic carbocycles. The Bertz CT molecular complexity index is 520. The molecule has 5 heteroatoms. The predicted molar refractivity (Wildman–Crippen MR) is 86.0 cm³/mol. The first-order chi connectivity index (χ1) is 10.1. The lowest BCUT2D eigenvalue weighted by Crippen LogP contribution is -2.26. The molecule has 118 valence electrons. The Labute approximate surface area is 128 Å². The SMILES string of the molecule is CNCCCNS(=O)(=O)c1ccc(C2CCCCC2)cc1. The van der Waals surface area contributed by atoms with Crippen LogP contribution >= 0.6 is 0 Å². The molecule has 0 spiro atoms. The van der Waals surface area contributed by atoms with Crippen molar-refractivity contribution in [1.29, 1.82) is 0 Å². The van der Waals surface area contributed by atoms with Crippen molar-refractivity contribution in [1.82, 2.24) is 10.0 Å². The molecule has 2 N–H and O–H groups in total. The maximum atomic E-state index is 12.2. The quantitative estimate of drug-likeness (QED) is 0.761. The van der Waals surface area contributed by atoms with E-state index in [4.69, 9.17) is 0 Å². The van der Waals surface area contributed by atoms with Gasteiger partial charge in [0.15, 0.2) is 0 Å². The van der Waals surface area contributed by atoms with Gasteiger partial charge >= 0.3 is 0 Å². The number of nitrogens with one attached hydrogen (secondary N) is 2. The van der Waals surface area contributed by atoms with Crippen molar-refractivity contribution in [2.24, 2.45) is 0 Å². The Hall–Kier alpha value is -0.910. The highest BCUT2D eigenvalue weighted by Crippen LogP contribution is 2.32. The minimum absolute atomic E-state index is 0.367. The molecule has 0 aliphatic heterocycles. The summed E-state index contributed by atoms with van der Waals surface area (Å²) in [5, 5.41) is 3.00. The number of hydrogen-bond acceptors (Lipinski definition) is 3. The fourth-order valence-corrected chi connectivity index (χ4v) is 3.98. The summed E-state index contributed by atoms with van der Waals surface area (Å²) in [6.07, 6.45) is 7.16. The Morgan fingerprint density at radius 2 is 1.71 bits per heavy atom. The summed E-state index contributed by atoms with van der Waals surface area (Å²) in [5.41, 5.74) is 1.28. The van der Waals surface area contributed by atoms with Gasteiger partial charge in [-0.1, -0.05) is 31.4 Å². The minimum Gasteiger partial charge on any atom is -0.320 e. The van der Waals surface area contributed by atoms with Crippen LogP contribution in [-0.4, -0.2) is 28.6 Å². The largest absolute Gasteiger partial charge is 0.320 e. The molecule has 0 heterocycles. The highest BCUT2D eigenvalue weighted by atomic mass is 32.2. The molecule has 1 fully saturated rings. The fraction of sp³-hybridized carbons (Fsp3) is 0.625. The van der Waals surface area contributed by atoms with Crippen LogP contribution in [0, 0.1) is 0 Å². The number of rotatable bonds is 7. The Morgan fingerprint density at radius 3 is 2.33 bits per heavy atom. The molecule has 4 nitrogen and oxygen atoms in total. The second-order valence-electron chi connectivity index (χ2n) is 5.76. The highest BCUT2D eigenvalue weighted by Gasteiger charge is 2.17. The Kier molecular flexibility index (Phi) is 6.21. The van der Waals surface area contributed by atoms with Crippen molar-refractivity contribution in [3.8, 4) is 0 Å². The zero-order chi connectivity index (χ0) is 15.1. The summed E-state index contributed by atoms with van der Waals surface area (Å²) in [6.45, 7) is 1.27. The first-order valence-electron chi connectivity index (χ1n) is 7.88. The van der Waals surface area contributed by atoms with E-state index < -0.39 is 10.0 Å². The lowest BCUT2D eigenvalue weighted by atomic mass is 9.84. The van der Waals surface area contributed by atoms with Gasteiger partial charge in [-0.05, 0) is 56.5 Å². The van der Waals surface area contributed by atoms with Crippen LogP contribution in [0.15, 0.2) is 29.2 Å². The number of benzene rings is 1. The highest BCUT2D eigenvalue weighted by molar-refractivity contribution is 7.89. The third-order valence-corrected chi connectivity index (χ3v) is 5.64. The average molecular weight is 310 g/mol. The van der Waals surface area contributed by atoms with E-state index in [9.17, 15) is 8.42 Å². The van der Waals surface area contributed by atoms with E-state index in [0.29, 0.717) is 17.4 Å². The summed E-state index contributed by atoms with van der Waals surface area (Å²) >= 11 is 0. The lowest BCUT2D eigenvalue weighted by Gasteiger charge is -2.22. The zero-order valence-electron chi connectivity index (χ0n) is 12.8. The van der Waals surface area contributed by atoms with Crippen molar-refractivity contribution < 1.29 is 8.42 Å². The molecule has 0 radical (unpaired) electrons. The maximum absolute atomic E-state index is 12.2. The van der Waals surface area contributed by atoms with E-state index >= 15 is 0 Å². The summed E-state index contributed by atoms with van der Waals surface area (Å²) in [6, 6.07) is 7.45. The lowest BCUT2D eigenvalue weighted by molar-refractivity contribution is 0.443. The maximum Gasteiger partial charge on any atom is 0.240 e. The third kappa shape index (κ3) is 4.80. The summed E-state index contributed by atoms with van der Waals surface area (Å²) in [7, 11) is -1.51. The van der Waals surface area contributed by atoms with Gasteiger partial charge in [0.1, 0.15) is 0 Å². The fourth-order valence-electron chi connectivity index (χ4n) is 2.91. The van der Waals surface area contributed by atoms with Crippen molar-refractivity contribution in [2.75, 3.05) is 20.1 Å². The van der Waals surface area contributed by atoms with Crippen molar-refractivity contribution in [3.63, 3.8) is 0 Å². The van der Waals surface area contributed by atoms with Crippen LogP contribution in [0.2, 0.25) is 0 Å². The van der Waals surface area contributed by atoms with Crippen LogP contribution in [-0.2, 0) is 10.0 Å². The van der Waals surface area contributed by atoms with Gasteiger partial charge in [-0.15, -0.1) is 0 Å². The molecule has 0 amide bonds. The summed E-state index contributed by atoms with van der Waals surface area (Å²) < 4.78 is 26.9. The molecule has 0 bridgehead atoms. The molecular weight excluding hydrogens is 284 g/mol. The van der Waals surface area contributed by atoms with Gasteiger partial charge in [-0.3, -0.25) is 0 Å². The van der Waals surface area contributed by atoms with Gasteiger partial charge in [0, 0.05) is 6.54 Å². The predicted octanol–water partition coefficient (Wildman–Crippen LogP) is 2.62. The second-order valence-corrected chi connectivity index (χ2v) is 7.53. The second kappa shape index (κ2) is 7.92. The third-order valence-electron chi connectivity index (χ3n) is 4.16. The first kappa shape index (κ1) is 16.5. The molecule has 0 atom stereocenters. The molecule has 0 unspecified atom stereocenters. The van der Waals surface area contributed by atoms with Crippen molar-refractivity contribution in [3.05, 3.63) is 29.8 Å². The van der Waals surface area contributed by atoms with E-state index in [-0.39, 0.29) is 0 Å². The summed E-state index contributed by atoms with van der Waals surface area (Å²) in [4.78, 5) is 0.367. The standard InChI is InChI=1S/C16H26N2O2S/c1-17-12-5-13-18-21(19,20)16-10-8-15(9-11-16)14-6-3-2-4-7-14/h8-11,14,17-18H,2-7,12-13H2,1H3. The van der Waals surface area contributed by atoms with Crippen LogP contribution in [0.4, 0.5) is 0 Å². The van der Waals surface area contributed by atoms with Gasteiger partial charge < -0.3 is 5.32 Å². The van der Waals surface area contributed by atoms with E-state index in [1.54, 1.807) is 12.1 Å². The van der Waals surface area contributed by atoms with E-state index in [1.807, 2.05) is 19.2 Å². The monoisotopic (exact) mass is 310 g/mol. The molecule has 1 aliphatic rings. The molecule has 1 saturated carbocycles. The summed E-state index contributed by atoms with van der Waals surface area (Å²) in [5.74, 6) is 0.610. The molecule has 1 aromatic rings. The molecular formula is C16H26N2O2S. The van der Waals surface area contributed by atoms with E-state index in [2.05, 4.69) is 10.0 Å². The Morgan fingerprint density at radius 1 is 1.05 bits per heavy atom. The van der Waals surface area contributed by atoms with Crippen LogP contribution in [0.25, 0.3) is 0 Å². The van der Waals surface area contributed by atoms with E-state index in [1.165, 1.54) is 37.7 Å². The van der Waals surface area contributed by atoms with Crippen LogP contribution in [0.1, 0.15) is 50.0 Å². The molecule has 0 saturated heterocycles.